The van der Waals surface area contributed by atoms with Crippen LogP contribution in [0.4, 0.5) is 5.69 Å². The average molecular weight is 398 g/mol. The Kier molecular flexibility index (Phi) is 5.78. The fourth-order valence-electron chi connectivity index (χ4n) is 4.21. The predicted molar refractivity (Wildman–Crippen MR) is 116 cm³/mol. The number of benzene rings is 2. The van der Waals surface area contributed by atoms with Gasteiger partial charge >= 0.3 is 0 Å². The van der Waals surface area contributed by atoms with Gasteiger partial charge in [-0.3, -0.25) is 4.79 Å². The quantitative estimate of drug-likeness (QED) is 0.689. The number of carbonyl (C=O) groups excluding carboxylic acids is 1. The molecule has 0 fully saturated rings. The highest BCUT2D eigenvalue weighted by Crippen LogP contribution is 2.46. The molecule has 1 aliphatic heterocycles. The third-order valence-electron chi connectivity index (χ3n) is 5.58. The van der Waals surface area contributed by atoms with Crippen molar-refractivity contribution in [2.45, 2.75) is 39.5 Å². The number of anilines is 1. The smallest absolute Gasteiger partial charge is 0.237 e. The summed E-state index contributed by atoms with van der Waals surface area (Å²) < 4.78 is 16.4. The van der Waals surface area contributed by atoms with Crippen molar-refractivity contribution >= 4 is 11.6 Å². The molecule has 1 heterocycles. The molecule has 0 spiro atoms. The van der Waals surface area contributed by atoms with E-state index < -0.39 is 5.41 Å². The third-order valence-corrected chi connectivity index (χ3v) is 5.58. The summed E-state index contributed by atoms with van der Waals surface area (Å²) in [7, 11) is 4.80. The number of fused-ring (bicyclic) bond motifs is 1. The molecule has 1 atom stereocenters. The van der Waals surface area contributed by atoms with Crippen molar-refractivity contribution in [2.24, 2.45) is 5.92 Å². The van der Waals surface area contributed by atoms with Crippen molar-refractivity contribution in [3.63, 3.8) is 0 Å². The first kappa shape index (κ1) is 21.0. The monoisotopic (exact) mass is 397 g/mol. The molecular weight excluding hydrogens is 366 g/mol. The van der Waals surface area contributed by atoms with Crippen LogP contribution in [0.2, 0.25) is 0 Å². The second kappa shape index (κ2) is 7.97. The highest BCUT2D eigenvalue weighted by molar-refractivity contribution is 6.08. The SMILES string of the molecule is COc1cc(CC2(C)C(=O)N(CC(C)C)c3ccc(C)cc32)cc(OC)c1OC. The van der Waals surface area contributed by atoms with Gasteiger partial charge in [0.1, 0.15) is 0 Å². The minimum atomic E-state index is -0.652. The lowest BCUT2D eigenvalue weighted by atomic mass is 9.78. The molecule has 5 heteroatoms. The summed E-state index contributed by atoms with van der Waals surface area (Å²) in [5, 5.41) is 0. The highest BCUT2D eigenvalue weighted by Gasteiger charge is 2.47. The van der Waals surface area contributed by atoms with Gasteiger partial charge in [0.15, 0.2) is 11.5 Å². The van der Waals surface area contributed by atoms with Gasteiger partial charge in [0.05, 0.1) is 26.7 Å². The molecule has 3 rings (SSSR count). The number of carbonyl (C=O) groups is 1. The lowest BCUT2D eigenvalue weighted by Gasteiger charge is -2.26. The average Bonchev–Trinajstić information content (AvgIpc) is 2.88. The largest absolute Gasteiger partial charge is 0.493 e. The number of amides is 1. The Balaban J connectivity index is 2.09. The van der Waals surface area contributed by atoms with Crippen LogP contribution in [-0.2, 0) is 16.6 Å². The fourth-order valence-corrected chi connectivity index (χ4v) is 4.21. The molecule has 5 nitrogen and oxygen atoms in total. The molecule has 0 saturated carbocycles. The first-order valence-corrected chi connectivity index (χ1v) is 9.97. The summed E-state index contributed by atoms with van der Waals surface area (Å²) in [6, 6.07) is 10.2. The van der Waals surface area contributed by atoms with Gasteiger partial charge in [-0.15, -0.1) is 0 Å². The summed E-state index contributed by atoms with van der Waals surface area (Å²) in [5.41, 5.74) is 3.57. The summed E-state index contributed by atoms with van der Waals surface area (Å²) in [5.74, 6) is 2.27. The second-order valence-electron chi connectivity index (χ2n) is 8.37. The summed E-state index contributed by atoms with van der Waals surface area (Å²) in [4.78, 5) is 15.5. The van der Waals surface area contributed by atoms with E-state index >= 15 is 0 Å². The minimum Gasteiger partial charge on any atom is -0.493 e. The van der Waals surface area contributed by atoms with Crippen molar-refractivity contribution in [1.29, 1.82) is 0 Å². The number of methoxy groups -OCH3 is 3. The van der Waals surface area contributed by atoms with Gasteiger partial charge in [0.25, 0.3) is 0 Å². The molecule has 29 heavy (non-hydrogen) atoms. The molecule has 2 aromatic rings. The fraction of sp³-hybridized carbons (Fsp3) is 0.458. The standard InChI is InChI=1S/C24H31NO4/c1-15(2)14-25-19-9-8-16(3)10-18(19)24(4,23(25)26)13-17-11-20(27-5)22(29-7)21(12-17)28-6/h8-12,15H,13-14H2,1-7H3. The number of rotatable bonds is 7. The Morgan fingerprint density at radius 3 is 2.14 bits per heavy atom. The summed E-state index contributed by atoms with van der Waals surface area (Å²) in [6.07, 6.45) is 0.549. The highest BCUT2D eigenvalue weighted by atomic mass is 16.5. The maximum absolute atomic E-state index is 13.6. The molecule has 0 N–H and O–H groups in total. The van der Waals surface area contributed by atoms with E-state index in [2.05, 4.69) is 39.0 Å². The first-order valence-electron chi connectivity index (χ1n) is 9.97. The Labute approximate surface area is 173 Å². The Morgan fingerprint density at radius 1 is 1.00 bits per heavy atom. The molecule has 0 saturated heterocycles. The first-order chi connectivity index (χ1) is 13.7. The van der Waals surface area contributed by atoms with Crippen LogP contribution in [0, 0.1) is 12.8 Å². The number of ether oxygens (including phenoxy) is 3. The zero-order valence-electron chi connectivity index (χ0n) is 18.5. The summed E-state index contributed by atoms with van der Waals surface area (Å²) in [6.45, 7) is 9.08. The van der Waals surface area contributed by atoms with E-state index in [-0.39, 0.29) is 5.91 Å². The van der Waals surface area contributed by atoms with Crippen LogP contribution in [0.3, 0.4) is 0 Å². The number of hydrogen-bond donors (Lipinski definition) is 0. The minimum absolute atomic E-state index is 0.139. The van der Waals surface area contributed by atoms with Gasteiger partial charge in [-0.2, -0.15) is 0 Å². The van der Waals surface area contributed by atoms with Gasteiger partial charge in [-0.05, 0) is 55.5 Å². The zero-order chi connectivity index (χ0) is 21.3. The molecule has 1 unspecified atom stereocenters. The number of hydrogen-bond acceptors (Lipinski definition) is 4. The zero-order valence-corrected chi connectivity index (χ0v) is 18.5. The van der Waals surface area contributed by atoms with Crippen molar-refractivity contribution in [2.75, 3.05) is 32.8 Å². The van der Waals surface area contributed by atoms with Gasteiger partial charge in [0, 0.05) is 12.2 Å². The van der Waals surface area contributed by atoms with Crippen LogP contribution in [0.15, 0.2) is 30.3 Å². The Bertz CT molecular complexity index is 896. The van der Waals surface area contributed by atoms with Crippen molar-refractivity contribution in [3.05, 3.63) is 47.0 Å². The molecule has 0 bridgehead atoms. The van der Waals surface area contributed by atoms with E-state index in [0.717, 1.165) is 22.4 Å². The van der Waals surface area contributed by atoms with Crippen LogP contribution in [-0.4, -0.2) is 33.8 Å². The lowest BCUT2D eigenvalue weighted by Crippen LogP contribution is -2.41. The van der Waals surface area contributed by atoms with Crippen LogP contribution >= 0.6 is 0 Å². The van der Waals surface area contributed by atoms with E-state index in [0.29, 0.717) is 36.1 Å². The Hall–Kier alpha value is -2.69. The van der Waals surface area contributed by atoms with E-state index in [1.165, 1.54) is 0 Å². The van der Waals surface area contributed by atoms with Crippen molar-refractivity contribution < 1.29 is 19.0 Å². The summed E-state index contributed by atoms with van der Waals surface area (Å²) >= 11 is 0. The molecule has 0 radical (unpaired) electrons. The normalized spacial score (nSPS) is 18.2. The van der Waals surface area contributed by atoms with Crippen molar-refractivity contribution in [1.82, 2.24) is 0 Å². The second-order valence-corrected chi connectivity index (χ2v) is 8.37. The maximum atomic E-state index is 13.6. The van der Waals surface area contributed by atoms with Gasteiger partial charge in [0.2, 0.25) is 11.7 Å². The molecule has 0 aromatic heterocycles. The van der Waals surface area contributed by atoms with Crippen LogP contribution in [0.25, 0.3) is 0 Å². The third kappa shape index (κ3) is 3.66. The van der Waals surface area contributed by atoms with E-state index in [4.69, 9.17) is 14.2 Å². The molecule has 156 valence electrons. The predicted octanol–water partition coefficient (Wildman–Crippen LogP) is 4.52. The topological polar surface area (TPSA) is 48.0 Å². The Morgan fingerprint density at radius 2 is 1.62 bits per heavy atom. The van der Waals surface area contributed by atoms with Gasteiger partial charge in [-0.1, -0.05) is 31.5 Å². The molecule has 2 aromatic carbocycles. The molecule has 0 aliphatic carbocycles. The van der Waals surface area contributed by atoms with Crippen LogP contribution in [0.5, 0.6) is 17.2 Å². The van der Waals surface area contributed by atoms with E-state index in [1.54, 1.807) is 21.3 Å². The maximum Gasteiger partial charge on any atom is 0.237 e. The molecular formula is C24H31NO4. The van der Waals surface area contributed by atoms with Crippen LogP contribution in [0.1, 0.15) is 37.5 Å². The van der Waals surface area contributed by atoms with E-state index in [9.17, 15) is 4.79 Å². The van der Waals surface area contributed by atoms with E-state index in [1.807, 2.05) is 24.0 Å². The number of nitrogens with zero attached hydrogens (tertiary/aromatic N) is 1. The lowest BCUT2D eigenvalue weighted by molar-refractivity contribution is -0.122. The van der Waals surface area contributed by atoms with Crippen molar-refractivity contribution in [3.8, 4) is 17.2 Å². The molecule has 1 aliphatic rings. The van der Waals surface area contributed by atoms with Gasteiger partial charge in [-0.25, -0.2) is 0 Å². The number of aryl methyl sites for hydroxylation is 1. The van der Waals surface area contributed by atoms with Gasteiger partial charge < -0.3 is 19.1 Å². The van der Waals surface area contributed by atoms with Crippen LogP contribution < -0.4 is 19.1 Å². The molecule has 1 amide bonds.